The average Bonchev–Trinajstić information content (AvgIpc) is 3.51. The molecule has 0 fully saturated rings. The Kier molecular flexibility index (Phi) is 8.29. The summed E-state index contributed by atoms with van der Waals surface area (Å²) in [7, 11) is 1.65. The van der Waals surface area contributed by atoms with Gasteiger partial charge in [-0.05, 0) is 70.5 Å². The number of carbonyl (C=O) groups is 2. The lowest BCUT2D eigenvalue weighted by Crippen LogP contribution is -2.37. The van der Waals surface area contributed by atoms with Crippen LogP contribution < -0.4 is 10.1 Å². The minimum Gasteiger partial charge on any atom is -0.497 e. The number of aromatic nitrogens is 2. The molecule has 0 saturated carbocycles. The van der Waals surface area contributed by atoms with Gasteiger partial charge in [0.05, 0.1) is 13.2 Å². The van der Waals surface area contributed by atoms with Crippen LogP contribution in [0.4, 0.5) is 0 Å². The van der Waals surface area contributed by atoms with Crippen LogP contribution >= 0.6 is 0 Å². The lowest BCUT2D eigenvalue weighted by molar-refractivity contribution is -0.109. The van der Waals surface area contributed by atoms with E-state index in [0.29, 0.717) is 23.7 Å². The first-order valence-corrected chi connectivity index (χ1v) is 13.8. The Balaban J connectivity index is 1.21. The predicted molar refractivity (Wildman–Crippen MR) is 163 cm³/mol. The van der Waals surface area contributed by atoms with Crippen molar-refractivity contribution in [2.24, 2.45) is 0 Å². The highest BCUT2D eigenvalue weighted by Crippen LogP contribution is 2.27. The second-order valence-corrected chi connectivity index (χ2v) is 11.2. The van der Waals surface area contributed by atoms with Gasteiger partial charge in [-0.15, -0.1) is 0 Å². The molecule has 1 aromatic heterocycles. The van der Waals surface area contributed by atoms with Gasteiger partial charge < -0.3 is 19.4 Å². The molecule has 0 aliphatic heterocycles. The van der Waals surface area contributed by atoms with Crippen molar-refractivity contribution in [3.05, 3.63) is 114 Å². The average molecular weight is 560 g/mol. The Morgan fingerprint density at radius 1 is 0.833 bits per heavy atom. The number of methoxy groups -OCH3 is 1. The maximum Gasteiger partial charge on any atom is 0.258 e. The zero-order valence-corrected chi connectivity index (χ0v) is 24.1. The number of rotatable bonds is 9. The zero-order chi connectivity index (χ0) is 29.7. The fourth-order valence-electron chi connectivity index (χ4n) is 4.60. The molecular weight excluding hydrogens is 526 g/mol. The predicted octanol–water partition coefficient (Wildman–Crippen LogP) is 6.92. The van der Waals surface area contributed by atoms with Crippen molar-refractivity contribution >= 4 is 12.2 Å². The Morgan fingerprint density at radius 2 is 1.40 bits per heavy atom. The molecule has 212 valence electrons. The van der Waals surface area contributed by atoms with E-state index in [4.69, 9.17) is 9.26 Å². The van der Waals surface area contributed by atoms with Crippen molar-refractivity contribution in [1.82, 2.24) is 15.5 Å². The topological polar surface area (TPSA) is 94.3 Å². The van der Waals surface area contributed by atoms with Crippen molar-refractivity contribution in [1.29, 1.82) is 0 Å². The second kappa shape index (κ2) is 12.2. The zero-order valence-electron chi connectivity index (χ0n) is 24.1. The fourth-order valence-corrected chi connectivity index (χ4v) is 4.60. The van der Waals surface area contributed by atoms with E-state index in [2.05, 4.69) is 36.2 Å². The summed E-state index contributed by atoms with van der Waals surface area (Å²) in [5.74, 6) is 1.43. The molecule has 1 heterocycles. The highest BCUT2D eigenvalue weighted by atomic mass is 16.5. The molecule has 1 atom stereocenters. The lowest BCUT2D eigenvalue weighted by Gasteiger charge is -2.19. The van der Waals surface area contributed by atoms with Gasteiger partial charge in [0, 0.05) is 16.7 Å². The van der Waals surface area contributed by atoms with Gasteiger partial charge in [0.1, 0.15) is 12.0 Å². The van der Waals surface area contributed by atoms with Crippen molar-refractivity contribution < 1.29 is 18.8 Å². The fraction of sp³-hybridized carbons (Fsp3) is 0.200. The van der Waals surface area contributed by atoms with Gasteiger partial charge in [0.15, 0.2) is 0 Å². The Labute approximate surface area is 245 Å². The van der Waals surface area contributed by atoms with Crippen molar-refractivity contribution in [3.8, 4) is 39.7 Å². The summed E-state index contributed by atoms with van der Waals surface area (Å²) in [5, 5.41) is 6.97. The maximum atomic E-state index is 12.7. The maximum absolute atomic E-state index is 12.7. The molecule has 4 aromatic carbocycles. The second-order valence-electron chi connectivity index (χ2n) is 11.2. The standard InChI is InChI=1S/C35H33N3O4/c1-35(2,3)29-17-13-27(14-18-29)33(40)36-30(22-39)21-23-5-7-26(8-6-23)32-37-34(42-38-32)28-11-9-24(10-12-28)25-15-19-31(41-4)20-16-25/h5-20,22,30H,21H2,1-4H3,(H,36,40). The molecule has 0 aliphatic carbocycles. The monoisotopic (exact) mass is 559 g/mol. The SMILES string of the molecule is COc1ccc(-c2ccc(-c3nc(-c4ccc(CC(C=O)NC(=O)c5ccc(C(C)(C)C)cc5)cc4)no3)cc2)cc1. The molecule has 7 heteroatoms. The van der Waals surface area contributed by atoms with Gasteiger partial charge in [-0.1, -0.05) is 86.6 Å². The minimum absolute atomic E-state index is 0.000453. The minimum atomic E-state index is -0.650. The molecule has 5 aromatic rings. The van der Waals surface area contributed by atoms with E-state index >= 15 is 0 Å². The number of carbonyl (C=O) groups excluding carboxylic acids is 2. The first-order valence-electron chi connectivity index (χ1n) is 13.8. The third-order valence-corrected chi connectivity index (χ3v) is 7.14. The summed E-state index contributed by atoms with van der Waals surface area (Å²) in [6.07, 6.45) is 1.13. The normalized spacial score (nSPS) is 12.0. The smallest absolute Gasteiger partial charge is 0.258 e. The van der Waals surface area contributed by atoms with Crippen molar-refractivity contribution in [2.45, 2.75) is 38.6 Å². The van der Waals surface area contributed by atoms with Gasteiger partial charge in [0.2, 0.25) is 5.82 Å². The van der Waals surface area contributed by atoms with Crippen LogP contribution in [0, 0.1) is 0 Å². The molecule has 0 radical (unpaired) electrons. The first kappa shape index (κ1) is 28.5. The van der Waals surface area contributed by atoms with E-state index in [1.165, 1.54) is 0 Å². The van der Waals surface area contributed by atoms with Crippen LogP contribution in [0.3, 0.4) is 0 Å². The van der Waals surface area contributed by atoms with E-state index in [-0.39, 0.29) is 11.3 Å². The molecule has 0 aliphatic rings. The summed E-state index contributed by atoms with van der Waals surface area (Å²) in [6, 6.07) is 30.2. The number of benzene rings is 4. The largest absolute Gasteiger partial charge is 0.497 e. The third kappa shape index (κ3) is 6.63. The number of hydrogen-bond acceptors (Lipinski definition) is 6. The number of aldehydes is 1. The molecule has 1 N–H and O–H groups in total. The quantitative estimate of drug-likeness (QED) is 0.197. The van der Waals surface area contributed by atoms with Crippen LogP contribution in [-0.4, -0.2) is 35.5 Å². The number of amides is 1. The van der Waals surface area contributed by atoms with Crippen LogP contribution in [0.25, 0.3) is 34.0 Å². The molecule has 1 unspecified atom stereocenters. The number of nitrogens with one attached hydrogen (secondary N) is 1. The molecule has 0 bridgehead atoms. The Morgan fingerprint density at radius 3 is 1.98 bits per heavy atom. The van der Waals surface area contributed by atoms with Crippen LogP contribution in [0.15, 0.2) is 102 Å². The Hall–Kier alpha value is -5.04. The molecule has 0 spiro atoms. The summed E-state index contributed by atoms with van der Waals surface area (Å²) >= 11 is 0. The van der Waals surface area contributed by atoms with Gasteiger partial charge in [0.25, 0.3) is 11.8 Å². The highest BCUT2D eigenvalue weighted by Gasteiger charge is 2.17. The Bertz CT molecular complexity index is 1650. The summed E-state index contributed by atoms with van der Waals surface area (Å²) in [4.78, 5) is 29.1. The molecule has 1 amide bonds. The lowest BCUT2D eigenvalue weighted by atomic mass is 9.86. The number of ether oxygens (including phenoxy) is 1. The van der Waals surface area contributed by atoms with Gasteiger partial charge in [-0.3, -0.25) is 4.79 Å². The van der Waals surface area contributed by atoms with E-state index in [9.17, 15) is 9.59 Å². The van der Waals surface area contributed by atoms with Crippen LogP contribution in [0.2, 0.25) is 0 Å². The first-order chi connectivity index (χ1) is 20.2. The summed E-state index contributed by atoms with van der Waals surface area (Å²) in [6.45, 7) is 6.36. The van der Waals surface area contributed by atoms with Crippen molar-refractivity contribution in [2.75, 3.05) is 7.11 Å². The summed E-state index contributed by atoms with van der Waals surface area (Å²) in [5.41, 5.74) is 6.32. The van der Waals surface area contributed by atoms with Crippen LogP contribution in [0.5, 0.6) is 5.75 Å². The van der Waals surface area contributed by atoms with Gasteiger partial charge in [-0.2, -0.15) is 4.98 Å². The van der Waals surface area contributed by atoms with E-state index in [0.717, 1.165) is 45.4 Å². The van der Waals surface area contributed by atoms with Gasteiger partial charge >= 0.3 is 0 Å². The molecular formula is C35H33N3O4. The third-order valence-electron chi connectivity index (χ3n) is 7.14. The molecule has 42 heavy (non-hydrogen) atoms. The number of hydrogen-bond donors (Lipinski definition) is 1. The molecule has 0 saturated heterocycles. The van der Waals surface area contributed by atoms with Crippen LogP contribution in [0.1, 0.15) is 42.3 Å². The van der Waals surface area contributed by atoms with E-state index in [1.807, 2.05) is 84.9 Å². The van der Waals surface area contributed by atoms with Crippen molar-refractivity contribution in [3.63, 3.8) is 0 Å². The van der Waals surface area contributed by atoms with E-state index in [1.54, 1.807) is 19.2 Å². The van der Waals surface area contributed by atoms with Crippen LogP contribution in [-0.2, 0) is 16.6 Å². The molecule has 5 rings (SSSR count). The van der Waals surface area contributed by atoms with Gasteiger partial charge in [-0.25, -0.2) is 0 Å². The number of nitrogens with zero attached hydrogens (tertiary/aromatic N) is 2. The van der Waals surface area contributed by atoms with E-state index < -0.39 is 6.04 Å². The molecule has 7 nitrogen and oxygen atoms in total. The summed E-state index contributed by atoms with van der Waals surface area (Å²) < 4.78 is 10.8. The highest BCUT2D eigenvalue weighted by molar-refractivity contribution is 5.95.